The van der Waals surface area contributed by atoms with E-state index in [1.165, 1.54) is 4.70 Å². The van der Waals surface area contributed by atoms with Gasteiger partial charge in [0.15, 0.2) is 5.60 Å². The highest BCUT2D eigenvalue weighted by atomic mass is 32.1. The van der Waals surface area contributed by atoms with E-state index in [0.717, 1.165) is 16.6 Å². The maximum atomic E-state index is 13.0. The van der Waals surface area contributed by atoms with E-state index in [9.17, 15) is 9.90 Å². The minimum absolute atomic E-state index is 0.240. The number of thiophene rings is 1. The van der Waals surface area contributed by atoms with Crippen LogP contribution in [0.2, 0.25) is 0 Å². The molecule has 0 radical (unpaired) electrons. The van der Waals surface area contributed by atoms with Crippen LogP contribution in [-0.2, 0) is 0 Å². The summed E-state index contributed by atoms with van der Waals surface area (Å²) in [6.45, 7) is 2.51. The molecule has 0 saturated carbocycles. The number of carbonyl (C=O) groups excluding carboxylic acids is 1. The average molecular weight is 348 g/mol. The van der Waals surface area contributed by atoms with Crippen LogP contribution in [0.15, 0.2) is 52.8 Å². The Balaban J connectivity index is 1.67. The summed E-state index contributed by atoms with van der Waals surface area (Å²) in [5, 5.41) is 14.3. The Labute approximate surface area is 149 Å². The Kier molecular flexibility index (Phi) is 2.96. The lowest BCUT2D eigenvalue weighted by atomic mass is 9.87. The highest BCUT2D eigenvalue weighted by molar-refractivity contribution is 7.17. The van der Waals surface area contributed by atoms with E-state index in [2.05, 4.69) is 28.6 Å². The second-order valence-electron chi connectivity index (χ2n) is 6.69. The standard InChI is InChI=1S/C20H16N2O2S/c1-12-2-4-16-15(10-12)18(23)20(24)7-8-22(19(20)21-16)14-3-5-17-13(11-14)6-9-25-17/h2-6,9-11,24H,7-8H2,1H3/t20-/m1/s1. The molecule has 124 valence electrons. The maximum absolute atomic E-state index is 13.0. The van der Waals surface area contributed by atoms with Gasteiger partial charge in [0.1, 0.15) is 5.84 Å². The number of hydrogen-bond donors (Lipinski definition) is 1. The van der Waals surface area contributed by atoms with E-state index in [0.29, 0.717) is 30.1 Å². The van der Waals surface area contributed by atoms with Gasteiger partial charge in [-0.3, -0.25) is 4.79 Å². The number of nitrogens with zero attached hydrogens (tertiary/aromatic N) is 2. The predicted molar refractivity (Wildman–Crippen MR) is 101 cm³/mol. The number of benzene rings is 2. The van der Waals surface area contributed by atoms with Gasteiger partial charge in [-0.2, -0.15) is 0 Å². The van der Waals surface area contributed by atoms with Crippen LogP contribution in [0.1, 0.15) is 22.3 Å². The molecule has 2 aliphatic heterocycles. The van der Waals surface area contributed by atoms with Gasteiger partial charge in [-0.1, -0.05) is 11.6 Å². The summed E-state index contributed by atoms with van der Waals surface area (Å²) in [5.74, 6) is 0.207. The summed E-state index contributed by atoms with van der Waals surface area (Å²) < 4.78 is 1.22. The number of aliphatic imine (C=N–C) groups is 1. The van der Waals surface area contributed by atoms with Crippen LogP contribution >= 0.6 is 11.3 Å². The lowest BCUT2D eigenvalue weighted by molar-refractivity contribution is 0.0602. The molecule has 3 aromatic rings. The third-order valence-electron chi connectivity index (χ3n) is 5.07. The maximum Gasteiger partial charge on any atom is 0.204 e. The van der Waals surface area contributed by atoms with Crippen LogP contribution < -0.4 is 4.90 Å². The number of Topliss-reactive ketones (excluding diaryl/α,β-unsaturated/α-hetero) is 1. The number of aliphatic hydroxyl groups is 1. The van der Waals surface area contributed by atoms with Crippen LogP contribution in [0.25, 0.3) is 10.1 Å². The van der Waals surface area contributed by atoms with Gasteiger partial charge in [-0.05, 0) is 54.1 Å². The Morgan fingerprint density at radius 2 is 2.08 bits per heavy atom. The van der Waals surface area contributed by atoms with Crippen molar-refractivity contribution >= 4 is 44.4 Å². The molecule has 1 aromatic heterocycles. The summed E-state index contributed by atoms with van der Waals surface area (Å²) in [6.07, 6.45) is 0.361. The fourth-order valence-corrected chi connectivity index (χ4v) is 4.49. The van der Waals surface area contributed by atoms with Crippen molar-refractivity contribution in [3.05, 3.63) is 59.0 Å². The van der Waals surface area contributed by atoms with Crippen LogP contribution in [-0.4, -0.2) is 28.9 Å². The number of aryl methyl sites for hydroxylation is 1. The molecule has 1 saturated heterocycles. The lowest BCUT2D eigenvalue weighted by Gasteiger charge is -2.29. The van der Waals surface area contributed by atoms with Crippen molar-refractivity contribution in [1.29, 1.82) is 0 Å². The van der Waals surface area contributed by atoms with Gasteiger partial charge in [-0.15, -0.1) is 11.3 Å². The number of anilines is 1. The van der Waals surface area contributed by atoms with E-state index in [1.807, 2.05) is 36.1 Å². The Morgan fingerprint density at radius 3 is 2.96 bits per heavy atom. The number of amidine groups is 1. The van der Waals surface area contributed by atoms with Crippen molar-refractivity contribution in [1.82, 2.24) is 0 Å². The van der Waals surface area contributed by atoms with E-state index in [-0.39, 0.29) is 5.78 Å². The van der Waals surface area contributed by atoms with Crippen LogP contribution in [0.5, 0.6) is 0 Å². The molecule has 1 fully saturated rings. The van der Waals surface area contributed by atoms with Gasteiger partial charge >= 0.3 is 0 Å². The summed E-state index contributed by atoms with van der Waals surface area (Å²) in [4.78, 5) is 19.6. The molecule has 0 unspecified atom stereocenters. The van der Waals surface area contributed by atoms with E-state index in [1.54, 1.807) is 11.3 Å². The zero-order chi connectivity index (χ0) is 17.2. The molecule has 2 aliphatic rings. The zero-order valence-electron chi connectivity index (χ0n) is 13.7. The average Bonchev–Trinajstić information content (AvgIpc) is 3.20. The Morgan fingerprint density at radius 1 is 1.20 bits per heavy atom. The molecule has 0 spiro atoms. The van der Waals surface area contributed by atoms with Crippen molar-refractivity contribution in [2.75, 3.05) is 11.4 Å². The first-order valence-electron chi connectivity index (χ1n) is 8.28. The summed E-state index contributed by atoms with van der Waals surface area (Å²) in [6, 6.07) is 13.9. The molecule has 0 bridgehead atoms. The summed E-state index contributed by atoms with van der Waals surface area (Å²) >= 11 is 1.70. The van der Waals surface area contributed by atoms with Gasteiger partial charge < -0.3 is 10.0 Å². The van der Waals surface area contributed by atoms with Gasteiger partial charge in [0.2, 0.25) is 5.78 Å². The van der Waals surface area contributed by atoms with Gasteiger partial charge in [0.25, 0.3) is 0 Å². The molecule has 5 rings (SSSR count). The Hall–Kier alpha value is -2.50. The fraction of sp³-hybridized carbons (Fsp3) is 0.200. The topological polar surface area (TPSA) is 52.9 Å². The van der Waals surface area contributed by atoms with Crippen LogP contribution in [0.4, 0.5) is 11.4 Å². The summed E-state index contributed by atoms with van der Waals surface area (Å²) in [7, 11) is 0. The normalized spacial score (nSPS) is 22.1. The second-order valence-corrected chi connectivity index (χ2v) is 7.64. The fourth-order valence-electron chi connectivity index (χ4n) is 3.72. The molecule has 1 atom stereocenters. The smallest absolute Gasteiger partial charge is 0.204 e. The van der Waals surface area contributed by atoms with Crippen LogP contribution in [0, 0.1) is 6.92 Å². The Bertz CT molecular complexity index is 1070. The van der Waals surface area contributed by atoms with Gasteiger partial charge in [0.05, 0.1) is 5.69 Å². The van der Waals surface area contributed by atoms with Gasteiger partial charge in [0, 0.05) is 28.9 Å². The SMILES string of the molecule is Cc1ccc2c(c1)C(=O)[C@]1(O)CCN(c3ccc4sccc4c3)C1=N2. The number of hydrogen-bond acceptors (Lipinski definition) is 5. The number of fused-ring (bicyclic) bond motifs is 3. The largest absolute Gasteiger partial charge is 0.374 e. The number of carbonyl (C=O) groups is 1. The minimum Gasteiger partial charge on any atom is -0.374 e. The minimum atomic E-state index is -1.52. The number of rotatable bonds is 1. The predicted octanol–water partition coefficient (Wildman–Crippen LogP) is 4.08. The third kappa shape index (κ3) is 2.03. The quantitative estimate of drug-likeness (QED) is 0.721. The molecule has 0 aliphatic carbocycles. The highest BCUT2D eigenvalue weighted by Crippen LogP contribution is 2.40. The van der Waals surface area contributed by atoms with Crippen molar-refractivity contribution < 1.29 is 9.90 Å². The molecule has 1 N–H and O–H groups in total. The van der Waals surface area contributed by atoms with Crippen molar-refractivity contribution in [3.8, 4) is 0 Å². The molecular weight excluding hydrogens is 332 g/mol. The monoisotopic (exact) mass is 348 g/mol. The second kappa shape index (κ2) is 5.00. The van der Waals surface area contributed by atoms with Crippen molar-refractivity contribution in [3.63, 3.8) is 0 Å². The van der Waals surface area contributed by atoms with Gasteiger partial charge in [-0.25, -0.2) is 4.99 Å². The molecule has 5 heteroatoms. The van der Waals surface area contributed by atoms with E-state index >= 15 is 0 Å². The third-order valence-corrected chi connectivity index (χ3v) is 5.97. The van der Waals surface area contributed by atoms with Crippen molar-refractivity contribution in [2.24, 2.45) is 4.99 Å². The molecule has 0 amide bonds. The zero-order valence-corrected chi connectivity index (χ0v) is 14.5. The number of ketones is 1. The first kappa shape index (κ1) is 14.8. The molecule has 2 aromatic carbocycles. The molecule has 4 nitrogen and oxygen atoms in total. The van der Waals surface area contributed by atoms with E-state index < -0.39 is 5.60 Å². The molecule has 25 heavy (non-hydrogen) atoms. The van der Waals surface area contributed by atoms with E-state index in [4.69, 9.17) is 0 Å². The molecule has 3 heterocycles. The molecular formula is C20H16N2O2S. The van der Waals surface area contributed by atoms with Crippen LogP contribution in [0.3, 0.4) is 0 Å². The first-order chi connectivity index (χ1) is 12.1. The highest BCUT2D eigenvalue weighted by Gasteiger charge is 2.52. The lowest BCUT2D eigenvalue weighted by Crippen LogP contribution is -2.48. The first-order valence-corrected chi connectivity index (χ1v) is 9.16. The van der Waals surface area contributed by atoms with Crippen molar-refractivity contribution in [2.45, 2.75) is 18.9 Å². The summed E-state index contributed by atoms with van der Waals surface area (Å²) in [5.41, 5.74) is 1.58.